The van der Waals surface area contributed by atoms with E-state index < -0.39 is 9.84 Å². The Morgan fingerprint density at radius 3 is 2.47 bits per heavy atom. The Balaban J connectivity index is 2.27. The van der Waals surface area contributed by atoms with E-state index in [1.165, 1.54) is 30.1 Å². The molecule has 0 aliphatic rings. The van der Waals surface area contributed by atoms with Crippen LogP contribution in [0.15, 0.2) is 45.3 Å². The maximum Gasteiger partial charge on any atom is 0.221 e. The van der Waals surface area contributed by atoms with Crippen LogP contribution in [0, 0.1) is 0 Å². The van der Waals surface area contributed by atoms with Gasteiger partial charge < -0.3 is 5.73 Å². The molecule has 0 amide bonds. The largest absolute Gasteiger partial charge is 0.368 e. The van der Waals surface area contributed by atoms with Crippen LogP contribution in [0.5, 0.6) is 0 Å². The monoisotopic (exact) mass is 315 g/mol. The van der Waals surface area contributed by atoms with E-state index in [0.29, 0.717) is 10.0 Å². The normalized spacial score (nSPS) is 11.5. The van der Waals surface area contributed by atoms with Crippen molar-refractivity contribution in [1.29, 1.82) is 0 Å². The van der Waals surface area contributed by atoms with Crippen molar-refractivity contribution in [2.75, 3.05) is 12.0 Å². The number of sulfone groups is 1. The lowest BCUT2D eigenvalue weighted by molar-refractivity contribution is 0.602. The molecule has 0 spiro atoms. The first-order valence-corrected chi connectivity index (χ1v) is 8.21. The number of anilines is 1. The summed E-state index contributed by atoms with van der Waals surface area (Å²) < 4.78 is 22.7. The highest BCUT2D eigenvalue weighted by atomic mass is 35.5. The van der Waals surface area contributed by atoms with Gasteiger partial charge in [0.15, 0.2) is 9.84 Å². The van der Waals surface area contributed by atoms with Gasteiger partial charge in [-0.05, 0) is 24.3 Å². The maximum atomic E-state index is 11.3. The third kappa shape index (κ3) is 3.59. The molecule has 1 aromatic heterocycles. The van der Waals surface area contributed by atoms with Gasteiger partial charge in [0, 0.05) is 11.2 Å². The quantitative estimate of drug-likeness (QED) is 0.874. The van der Waals surface area contributed by atoms with Gasteiger partial charge in [-0.3, -0.25) is 0 Å². The first-order chi connectivity index (χ1) is 8.86. The zero-order valence-corrected chi connectivity index (χ0v) is 12.3. The van der Waals surface area contributed by atoms with E-state index in [2.05, 4.69) is 9.97 Å². The summed E-state index contributed by atoms with van der Waals surface area (Å²) >= 11 is 7.24. The first-order valence-electron chi connectivity index (χ1n) is 5.12. The van der Waals surface area contributed by atoms with Crippen LogP contribution in [0.2, 0.25) is 5.02 Å². The average molecular weight is 316 g/mol. The van der Waals surface area contributed by atoms with Gasteiger partial charge in [-0.15, -0.1) is 0 Å². The number of rotatable bonds is 3. The van der Waals surface area contributed by atoms with Crippen molar-refractivity contribution < 1.29 is 8.42 Å². The van der Waals surface area contributed by atoms with Crippen molar-refractivity contribution in [2.24, 2.45) is 0 Å². The maximum absolute atomic E-state index is 11.3. The third-order valence-electron chi connectivity index (χ3n) is 2.20. The molecule has 0 saturated heterocycles. The number of hydrogen-bond donors (Lipinski definition) is 1. The third-order valence-corrected chi connectivity index (χ3v) is 4.73. The SMILES string of the molecule is CS(=O)(=O)c1ccc(Sc2nc(N)ncc2Cl)cc1. The minimum absolute atomic E-state index is 0.139. The molecule has 19 heavy (non-hydrogen) atoms. The summed E-state index contributed by atoms with van der Waals surface area (Å²) in [6.45, 7) is 0. The fraction of sp³-hybridized carbons (Fsp3) is 0.0909. The standard InChI is InChI=1S/C11H10ClN3O2S2/c1-19(16,17)8-4-2-7(3-5-8)18-10-9(12)6-14-11(13)15-10/h2-6H,1H3,(H2,13,14,15). The molecule has 100 valence electrons. The van der Waals surface area contributed by atoms with Gasteiger partial charge in [-0.1, -0.05) is 23.4 Å². The van der Waals surface area contributed by atoms with Crippen molar-refractivity contribution in [1.82, 2.24) is 9.97 Å². The van der Waals surface area contributed by atoms with Crippen LogP contribution in [0.4, 0.5) is 5.95 Å². The van der Waals surface area contributed by atoms with Crippen molar-refractivity contribution >= 4 is 39.1 Å². The topological polar surface area (TPSA) is 85.9 Å². The summed E-state index contributed by atoms with van der Waals surface area (Å²) in [5.41, 5.74) is 5.49. The Bertz CT molecular complexity index is 702. The Labute approximate surface area is 120 Å². The second-order valence-corrected chi connectivity index (χ2v) is 7.21. The van der Waals surface area contributed by atoms with E-state index in [9.17, 15) is 8.42 Å². The second kappa shape index (κ2) is 5.36. The zero-order valence-electron chi connectivity index (χ0n) is 9.87. The molecular weight excluding hydrogens is 306 g/mol. The Morgan fingerprint density at radius 1 is 1.26 bits per heavy atom. The fourth-order valence-electron chi connectivity index (χ4n) is 1.30. The van der Waals surface area contributed by atoms with E-state index >= 15 is 0 Å². The molecule has 0 atom stereocenters. The van der Waals surface area contributed by atoms with E-state index in [1.54, 1.807) is 12.1 Å². The predicted molar refractivity (Wildman–Crippen MR) is 75.1 cm³/mol. The number of hydrogen-bond acceptors (Lipinski definition) is 6. The van der Waals surface area contributed by atoms with Crippen LogP contribution < -0.4 is 5.73 Å². The number of nitrogens with two attached hydrogens (primary N) is 1. The van der Waals surface area contributed by atoms with Crippen molar-refractivity contribution in [3.05, 3.63) is 35.5 Å². The predicted octanol–water partition coefficient (Wildman–Crippen LogP) is 2.27. The lowest BCUT2D eigenvalue weighted by atomic mass is 10.4. The molecular formula is C11H10ClN3O2S2. The van der Waals surface area contributed by atoms with Crippen molar-refractivity contribution in [3.63, 3.8) is 0 Å². The number of benzene rings is 1. The van der Waals surface area contributed by atoms with Gasteiger partial charge in [0.2, 0.25) is 5.95 Å². The van der Waals surface area contributed by atoms with Crippen molar-refractivity contribution in [3.8, 4) is 0 Å². The summed E-state index contributed by atoms with van der Waals surface area (Å²) in [6, 6.07) is 6.46. The lowest BCUT2D eigenvalue weighted by Crippen LogP contribution is -1.97. The zero-order chi connectivity index (χ0) is 14.0. The molecule has 1 heterocycles. The van der Waals surface area contributed by atoms with Crippen LogP contribution in [0.3, 0.4) is 0 Å². The molecule has 0 unspecified atom stereocenters. The molecule has 0 radical (unpaired) electrons. The summed E-state index contributed by atoms with van der Waals surface area (Å²) in [5, 5.41) is 0.924. The van der Waals surface area contributed by atoms with Gasteiger partial charge >= 0.3 is 0 Å². The van der Waals surface area contributed by atoms with Gasteiger partial charge in [0.05, 0.1) is 16.1 Å². The van der Waals surface area contributed by atoms with Crippen LogP contribution >= 0.6 is 23.4 Å². The molecule has 2 N–H and O–H groups in total. The molecule has 2 rings (SSSR count). The second-order valence-electron chi connectivity index (χ2n) is 3.73. The molecule has 5 nitrogen and oxygen atoms in total. The number of aromatic nitrogens is 2. The van der Waals surface area contributed by atoms with Gasteiger partial charge in [-0.25, -0.2) is 18.4 Å². The fourth-order valence-corrected chi connectivity index (χ4v) is 2.92. The summed E-state index contributed by atoms with van der Waals surface area (Å²) in [6.07, 6.45) is 2.59. The summed E-state index contributed by atoms with van der Waals surface area (Å²) in [4.78, 5) is 8.87. The summed E-state index contributed by atoms with van der Waals surface area (Å²) in [5.74, 6) is 0.139. The van der Waals surface area contributed by atoms with Crippen LogP contribution in [-0.4, -0.2) is 24.6 Å². The van der Waals surface area contributed by atoms with Gasteiger partial charge in [0.25, 0.3) is 0 Å². The van der Waals surface area contributed by atoms with Gasteiger partial charge in [-0.2, -0.15) is 0 Å². The Hall–Kier alpha value is -1.31. The number of halogens is 1. The summed E-state index contributed by atoms with van der Waals surface area (Å²) in [7, 11) is -3.19. The molecule has 0 saturated carbocycles. The first kappa shape index (κ1) is 14.1. The lowest BCUT2D eigenvalue weighted by Gasteiger charge is -2.04. The highest BCUT2D eigenvalue weighted by Crippen LogP contribution is 2.31. The Kier molecular flexibility index (Phi) is 3.98. The molecule has 0 bridgehead atoms. The average Bonchev–Trinajstić information content (AvgIpc) is 2.33. The number of nitrogen functional groups attached to an aromatic ring is 1. The van der Waals surface area contributed by atoms with Crippen molar-refractivity contribution in [2.45, 2.75) is 14.8 Å². The Morgan fingerprint density at radius 2 is 1.89 bits per heavy atom. The van der Waals surface area contributed by atoms with Crippen LogP contribution in [0.25, 0.3) is 0 Å². The van der Waals surface area contributed by atoms with Crippen LogP contribution in [0.1, 0.15) is 0 Å². The highest BCUT2D eigenvalue weighted by molar-refractivity contribution is 7.99. The number of nitrogens with zero attached hydrogens (tertiary/aromatic N) is 2. The van der Waals surface area contributed by atoms with E-state index in [4.69, 9.17) is 17.3 Å². The molecule has 8 heteroatoms. The van der Waals surface area contributed by atoms with E-state index in [0.717, 1.165) is 11.2 Å². The minimum atomic E-state index is -3.19. The smallest absolute Gasteiger partial charge is 0.221 e. The molecule has 1 aromatic carbocycles. The van der Waals surface area contributed by atoms with E-state index in [1.807, 2.05) is 0 Å². The highest BCUT2D eigenvalue weighted by Gasteiger charge is 2.09. The molecule has 0 aliphatic heterocycles. The van der Waals surface area contributed by atoms with Crippen LogP contribution in [-0.2, 0) is 9.84 Å². The molecule has 2 aromatic rings. The molecule has 0 fully saturated rings. The van der Waals surface area contributed by atoms with Gasteiger partial charge in [0.1, 0.15) is 5.03 Å². The van der Waals surface area contributed by atoms with E-state index in [-0.39, 0.29) is 10.8 Å². The molecule has 0 aliphatic carbocycles. The minimum Gasteiger partial charge on any atom is -0.368 e.